The zero-order chi connectivity index (χ0) is 14.8. The smallest absolute Gasteiger partial charge is 0.243 e. The maximum Gasteiger partial charge on any atom is 0.243 e. The average molecular weight is 303 g/mol. The largest absolute Gasteiger partial charge is 0.301 e. The lowest BCUT2D eigenvalue weighted by Gasteiger charge is -2.33. The van der Waals surface area contributed by atoms with Crippen LogP contribution in [0.2, 0.25) is 0 Å². The Labute approximate surface area is 129 Å². The summed E-state index contributed by atoms with van der Waals surface area (Å²) in [5, 5.41) is 3.66. The van der Waals surface area contributed by atoms with Gasteiger partial charge < -0.3 is 5.32 Å². The predicted molar refractivity (Wildman–Crippen MR) is 87.7 cm³/mol. The summed E-state index contributed by atoms with van der Waals surface area (Å²) in [6.45, 7) is 6.28. The second-order valence-corrected chi connectivity index (χ2v) is 6.90. The van der Waals surface area contributed by atoms with E-state index < -0.39 is 0 Å². The van der Waals surface area contributed by atoms with E-state index in [2.05, 4.69) is 22.1 Å². The van der Waals surface area contributed by atoms with Gasteiger partial charge in [0.25, 0.3) is 0 Å². The van der Waals surface area contributed by atoms with Crippen molar-refractivity contribution in [2.75, 3.05) is 18.4 Å². The molecule has 1 aliphatic heterocycles. The molecule has 0 unspecified atom stereocenters. The van der Waals surface area contributed by atoms with Crippen LogP contribution in [0.3, 0.4) is 0 Å². The van der Waals surface area contributed by atoms with Gasteiger partial charge >= 0.3 is 0 Å². The van der Waals surface area contributed by atoms with Crippen molar-refractivity contribution in [1.29, 1.82) is 0 Å². The normalized spacial score (nSPS) is 18.8. The molecule has 1 saturated heterocycles. The summed E-state index contributed by atoms with van der Waals surface area (Å²) in [4.78, 5) is 19.1. The van der Waals surface area contributed by atoms with Gasteiger partial charge in [-0.25, -0.2) is 4.98 Å². The van der Waals surface area contributed by atoms with Crippen LogP contribution < -0.4 is 5.32 Å². The number of fused-ring (bicyclic) bond motifs is 1. The molecule has 0 saturated carbocycles. The van der Waals surface area contributed by atoms with Crippen molar-refractivity contribution in [3.63, 3.8) is 0 Å². The Kier molecular flexibility index (Phi) is 4.22. The Morgan fingerprint density at radius 2 is 2.10 bits per heavy atom. The van der Waals surface area contributed by atoms with E-state index in [4.69, 9.17) is 0 Å². The monoisotopic (exact) mass is 303 g/mol. The molecular weight excluding hydrogens is 282 g/mol. The minimum atomic E-state index is -0.0930. The summed E-state index contributed by atoms with van der Waals surface area (Å²) in [5.41, 5.74) is 0.942. The molecule has 4 nitrogen and oxygen atoms in total. The lowest BCUT2D eigenvalue weighted by molar-refractivity contribution is -0.121. The number of hydrogen-bond acceptors (Lipinski definition) is 4. The van der Waals surface area contributed by atoms with Crippen molar-refractivity contribution >= 4 is 32.6 Å². The van der Waals surface area contributed by atoms with Crippen LogP contribution in [0.25, 0.3) is 10.2 Å². The number of nitrogens with zero attached hydrogens (tertiary/aromatic N) is 2. The SMILES string of the molecule is CC1CCN([C@@H](C)C(=O)Nc2nc3ccccc3s2)CC1. The number of benzene rings is 1. The van der Waals surface area contributed by atoms with E-state index in [9.17, 15) is 4.79 Å². The topological polar surface area (TPSA) is 45.2 Å². The first-order chi connectivity index (χ1) is 10.1. The van der Waals surface area contributed by atoms with E-state index in [0.717, 1.165) is 29.2 Å². The van der Waals surface area contributed by atoms with Gasteiger partial charge in [-0.15, -0.1) is 0 Å². The van der Waals surface area contributed by atoms with Crippen molar-refractivity contribution in [1.82, 2.24) is 9.88 Å². The molecule has 1 N–H and O–H groups in total. The summed E-state index contributed by atoms with van der Waals surface area (Å²) in [7, 11) is 0. The highest BCUT2D eigenvalue weighted by molar-refractivity contribution is 7.22. The lowest BCUT2D eigenvalue weighted by Crippen LogP contribution is -2.45. The summed E-state index contributed by atoms with van der Waals surface area (Å²) >= 11 is 1.53. The zero-order valence-corrected chi connectivity index (χ0v) is 13.3. The van der Waals surface area contributed by atoms with Crippen LogP contribution in [0.15, 0.2) is 24.3 Å². The molecule has 2 aromatic rings. The predicted octanol–water partition coefficient (Wildman–Crippen LogP) is 3.36. The van der Waals surface area contributed by atoms with Crippen molar-refractivity contribution in [2.24, 2.45) is 5.92 Å². The molecule has 1 atom stereocenters. The number of carbonyl (C=O) groups is 1. The number of likely N-dealkylation sites (tertiary alicyclic amines) is 1. The Bertz CT molecular complexity index is 598. The zero-order valence-electron chi connectivity index (χ0n) is 12.5. The fraction of sp³-hybridized carbons (Fsp3) is 0.500. The van der Waals surface area contributed by atoms with Crippen LogP contribution in [-0.2, 0) is 4.79 Å². The second kappa shape index (κ2) is 6.12. The number of carbonyl (C=O) groups excluding carboxylic acids is 1. The number of hydrogen-bond donors (Lipinski definition) is 1. The van der Waals surface area contributed by atoms with E-state index in [1.54, 1.807) is 0 Å². The number of para-hydroxylation sites is 1. The fourth-order valence-corrected chi connectivity index (χ4v) is 3.59. The molecule has 2 heterocycles. The molecule has 1 aromatic heterocycles. The van der Waals surface area contributed by atoms with Crippen molar-refractivity contribution < 1.29 is 4.79 Å². The van der Waals surface area contributed by atoms with Crippen LogP contribution >= 0.6 is 11.3 Å². The molecule has 3 rings (SSSR count). The number of anilines is 1. The summed E-state index contributed by atoms with van der Waals surface area (Å²) in [6.07, 6.45) is 2.36. The molecular formula is C16H21N3OS. The minimum absolute atomic E-state index is 0.0450. The Hall–Kier alpha value is -1.46. The minimum Gasteiger partial charge on any atom is -0.301 e. The molecule has 1 aromatic carbocycles. The third kappa shape index (κ3) is 3.24. The molecule has 1 fully saturated rings. The van der Waals surface area contributed by atoms with E-state index in [1.807, 2.05) is 31.2 Å². The van der Waals surface area contributed by atoms with Crippen LogP contribution in [0.4, 0.5) is 5.13 Å². The van der Waals surface area contributed by atoms with Crippen LogP contribution in [-0.4, -0.2) is 34.9 Å². The first-order valence-corrected chi connectivity index (χ1v) is 8.35. The van der Waals surface area contributed by atoms with Crippen molar-refractivity contribution in [3.05, 3.63) is 24.3 Å². The highest BCUT2D eigenvalue weighted by Gasteiger charge is 2.25. The van der Waals surface area contributed by atoms with Crippen LogP contribution in [0, 0.1) is 5.92 Å². The van der Waals surface area contributed by atoms with E-state index in [1.165, 1.54) is 24.2 Å². The molecule has 112 valence electrons. The Morgan fingerprint density at radius 3 is 2.81 bits per heavy atom. The van der Waals surface area contributed by atoms with Crippen LogP contribution in [0.5, 0.6) is 0 Å². The van der Waals surface area contributed by atoms with E-state index >= 15 is 0 Å². The molecule has 5 heteroatoms. The molecule has 1 amide bonds. The third-order valence-corrected chi connectivity index (χ3v) is 5.22. The summed E-state index contributed by atoms with van der Waals surface area (Å²) in [5.74, 6) is 0.824. The Morgan fingerprint density at radius 1 is 1.38 bits per heavy atom. The van der Waals surface area contributed by atoms with Crippen LogP contribution in [0.1, 0.15) is 26.7 Å². The van der Waals surface area contributed by atoms with Crippen molar-refractivity contribution in [2.45, 2.75) is 32.7 Å². The maximum atomic E-state index is 12.4. The third-order valence-electron chi connectivity index (χ3n) is 4.27. The standard InChI is InChI=1S/C16H21N3OS/c1-11-7-9-19(10-8-11)12(2)15(20)18-16-17-13-5-3-4-6-14(13)21-16/h3-6,11-12H,7-10H2,1-2H3,(H,17,18,20)/t12-/m0/s1. The molecule has 1 aliphatic rings. The summed E-state index contributed by atoms with van der Waals surface area (Å²) < 4.78 is 1.10. The number of aromatic nitrogens is 1. The molecule has 0 spiro atoms. The maximum absolute atomic E-state index is 12.4. The number of rotatable bonds is 3. The molecule has 0 radical (unpaired) electrons. The lowest BCUT2D eigenvalue weighted by atomic mass is 9.98. The highest BCUT2D eigenvalue weighted by Crippen LogP contribution is 2.26. The number of nitrogens with one attached hydrogen (secondary N) is 1. The van der Waals surface area contributed by atoms with Gasteiger partial charge in [0.15, 0.2) is 5.13 Å². The Balaban J connectivity index is 1.65. The van der Waals surface area contributed by atoms with Gasteiger partial charge in [-0.05, 0) is 50.9 Å². The molecule has 0 aliphatic carbocycles. The van der Waals surface area contributed by atoms with Crippen molar-refractivity contribution in [3.8, 4) is 0 Å². The van der Waals surface area contributed by atoms with Gasteiger partial charge in [-0.2, -0.15) is 0 Å². The average Bonchev–Trinajstić information content (AvgIpc) is 2.89. The van der Waals surface area contributed by atoms with Gasteiger partial charge in [0, 0.05) is 0 Å². The highest BCUT2D eigenvalue weighted by atomic mass is 32.1. The first kappa shape index (κ1) is 14.5. The molecule has 21 heavy (non-hydrogen) atoms. The van der Waals surface area contributed by atoms with Gasteiger partial charge in [0.2, 0.25) is 5.91 Å². The fourth-order valence-electron chi connectivity index (χ4n) is 2.72. The molecule has 0 bridgehead atoms. The van der Waals surface area contributed by atoms with Gasteiger partial charge in [-0.3, -0.25) is 9.69 Å². The number of thiazole rings is 1. The van der Waals surface area contributed by atoms with E-state index in [-0.39, 0.29) is 11.9 Å². The van der Waals surface area contributed by atoms with Gasteiger partial charge in [-0.1, -0.05) is 30.4 Å². The second-order valence-electron chi connectivity index (χ2n) is 5.87. The summed E-state index contributed by atoms with van der Waals surface area (Å²) in [6, 6.07) is 7.86. The quantitative estimate of drug-likeness (QED) is 0.945. The first-order valence-electron chi connectivity index (χ1n) is 7.54. The van der Waals surface area contributed by atoms with Gasteiger partial charge in [0.05, 0.1) is 16.3 Å². The van der Waals surface area contributed by atoms with Gasteiger partial charge in [0.1, 0.15) is 0 Å². The number of amides is 1. The van der Waals surface area contributed by atoms with E-state index in [0.29, 0.717) is 5.13 Å². The number of piperidine rings is 1.